The zero-order valence-electron chi connectivity index (χ0n) is 39.1. The van der Waals surface area contributed by atoms with Crippen molar-refractivity contribution >= 4 is 5.91 Å². The molecule has 1 rings (SSSR count). The molecule has 0 unspecified atom stereocenters. The molecule has 0 bridgehead atoms. The Balaban J connectivity index is 2.29. The van der Waals surface area contributed by atoms with Gasteiger partial charge >= 0.3 is 0 Å². The number of rotatable bonds is 43. The number of nitrogens with one attached hydrogen (secondary N) is 1. The minimum Gasteiger partial charge on any atom is -0.394 e. The van der Waals surface area contributed by atoms with Crippen LogP contribution in [-0.4, -0.2) is 91.9 Å². The quantitative estimate of drug-likeness (QED) is 0.0236. The van der Waals surface area contributed by atoms with Gasteiger partial charge in [0.2, 0.25) is 5.91 Å². The van der Waals surface area contributed by atoms with Crippen molar-refractivity contribution in [3.05, 3.63) is 12.2 Å². The van der Waals surface area contributed by atoms with Crippen molar-refractivity contribution in [3.63, 3.8) is 0 Å². The van der Waals surface area contributed by atoms with E-state index in [0.717, 1.165) is 38.5 Å². The number of hydrogen-bond acceptors (Lipinski definition) is 8. The number of amides is 1. The summed E-state index contributed by atoms with van der Waals surface area (Å²) in [6.45, 7) is 3.98. The summed E-state index contributed by atoms with van der Waals surface area (Å²) >= 11 is 0. The van der Waals surface area contributed by atoms with Crippen molar-refractivity contribution < 1.29 is 40.2 Å². The summed E-state index contributed by atoms with van der Waals surface area (Å²) in [7, 11) is 0. The summed E-state index contributed by atoms with van der Waals surface area (Å²) in [6.07, 6.45) is 39.3. The normalized spacial score (nSPS) is 21.1. The summed E-state index contributed by atoms with van der Waals surface area (Å²) in [5.41, 5.74) is 0. The lowest BCUT2D eigenvalue weighted by molar-refractivity contribution is -0.216. The summed E-state index contributed by atoms with van der Waals surface area (Å²) in [5, 5.41) is 65.5. The Hall–Kier alpha value is -1.07. The lowest BCUT2D eigenvalue weighted by Gasteiger charge is -2.39. The number of carbonyl (C=O) groups excluding carboxylic acids is 1. The average Bonchev–Trinajstić information content (AvgIpc) is 3.25. The lowest BCUT2D eigenvalue weighted by Crippen LogP contribution is -2.58. The van der Waals surface area contributed by atoms with Gasteiger partial charge in [0.05, 0.1) is 18.8 Å². The Labute approximate surface area is 369 Å². The largest absolute Gasteiger partial charge is 0.394 e. The first kappa shape index (κ1) is 56.9. The van der Waals surface area contributed by atoms with Crippen molar-refractivity contribution in [2.45, 2.75) is 300 Å². The minimum atomic E-state index is -1.53. The SMILES string of the molecule is CCCCCCCCCCCCCCCCCCCCCCCCCC(=O)N[C@@H](/C=C\[C@H]1O[C@H](CO)[C@H](O)[C@H](O)[C@H]1O)[C@H](O)[C@H](O)CCCCCCCCCCCCCC. The third-order valence-electron chi connectivity index (χ3n) is 12.9. The van der Waals surface area contributed by atoms with Gasteiger partial charge in [-0.3, -0.25) is 4.79 Å². The van der Waals surface area contributed by atoms with Crippen LogP contribution in [0.4, 0.5) is 0 Å². The Morgan fingerprint density at radius 1 is 0.517 bits per heavy atom. The fourth-order valence-corrected chi connectivity index (χ4v) is 8.70. The first-order chi connectivity index (χ1) is 29.3. The van der Waals surface area contributed by atoms with Crippen molar-refractivity contribution in [3.8, 4) is 0 Å². The van der Waals surface area contributed by atoms with Gasteiger partial charge in [-0.15, -0.1) is 0 Å². The van der Waals surface area contributed by atoms with Gasteiger partial charge in [0.25, 0.3) is 0 Å². The van der Waals surface area contributed by atoms with E-state index in [2.05, 4.69) is 19.2 Å². The predicted octanol–water partition coefficient (Wildman–Crippen LogP) is 11.1. The molecule has 1 aliphatic rings. The van der Waals surface area contributed by atoms with Gasteiger partial charge in [-0.25, -0.2) is 0 Å². The molecule has 0 saturated carbocycles. The van der Waals surface area contributed by atoms with E-state index in [-0.39, 0.29) is 5.91 Å². The molecule has 0 aromatic heterocycles. The molecule has 8 atom stereocenters. The number of hydrogen-bond donors (Lipinski definition) is 7. The molecule has 1 fully saturated rings. The van der Waals surface area contributed by atoms with Crippen LogP contribution in [0.25, 0.3) is 0 Å². The van der Waals surface area contributed by atoms with Crippen molar-refractivity contribution in [1.29, 1.82) is 0 Å². The number of aliphatic hydroxyl groups excluding tert-OH is 6. The zero-order chi connectivity index (χ0) is 43.9. The topological polar surface area (TPSA) is 160 Å². The molecule has 356 valence electrons. The number of carbonyl (C=O) groups is 1. The number of aliphatic hydroxyl groups is 6. The monoisotopic (exact) mass is 854 g/mol. The van der Waals surface area contributed by atoms with Gasteiger partial charge in [0.15, 0.2) is 0 Å². The van der Waals surface area contributed by atoms with Crippen LogP contribution in [0.1, 0.15) is 251 Å². The highest BCUT2D eigenvalue weighted by atomic mass is 16.5. The van der Waals surface area contributed by atoms with E-state index in [1.807, 2.05) is 0 Å². The summed E-state index contributed by atoms with van der Waals surface area (Å²) in [6, 6.07) is -0.943. The van der Waals surface area contributed by atoms with Crippen LogP contribution >= 0.6 is 0 Å². The van der Waals surface area contributed by atoms with E-state index >= 15 is 0 Å². The molecule has 0 aliphatic carbocycles. The van der Waals surface area contributed by atoms with Gasteiger partial charge in [-0.1, -0.05) is 244 Å². The first-order valence-corrected chi connectivity index (χ1v) is 25.9. The molecule has 9 nitrogen and oxygen atoms in total. The van der Waals surface area contributed by atoms with Crippen LogP contribution in [0.2, 0.25) is 0 Å². The zero-order valence-corrected chi connectivity index (χ0v) is 39.1. The molecule has 9 heteroatoms. The van der Waals surface area contributed by atoms with E-state index < -0.39 is 55.4 Å². The van der Waals surface area contributed by atoms with E-state index in [1.54, 1.807) is 0 Å². The molecule has 0 aromatic carbocycles. The molecule has 1 aliphatic heterocycles. The van der Waals surface area contributed by atoms with Gasteiger partial charge in [0, 0.05) is 6.42 Å². The van der Waals surface area contributed by atoms with Gasteiger partial charge in [-0.05, 0) is 12.8 Å². The molecule has 1 saturated heterocycles. The number of ether oxygens (including phenoxy) is 1. The van der Waals surface area contributed by atoms with E-state index in [9.17, 15) is 35.4 Å². The third kappa shape index (κ3) is 30.1. The predicted molar refractivity (Wildman–Crippen MR) is 249 cm³/mol. The fraction of sp³-hybridized carbons (Fsp3) is 0.941. The van der Waals surface area contributed by atoms with Crippen molar-refractivity contribution in [2.24, 2.45) is 0 Å². The summed E-state index contributed by atoms with van der Waals surface area (Å²) < 4.78 is 5.60. The molecular weight excluding hydrogens is 755 g/mol. The molecule has 1 heterocycles. The van der Waals surface area contributed by atoms with Gasteiger partial charge in [-0.2, -0.15) is 0 Å². The second-order valence-electron chi connectivity index (χ2n) is 18.5. The highest BCUT2D eigenvalue weighted by Gasteiger charge is 2.42. The highest BCUT2D eigenvalue weighted by Crippen LogP contribution is 2.23. The maximum Gasteiger partial charge on any atom is 0.220 e. The van der Waals surface area contributed by atoms with Crippen LogP contribution in [0.15, 0.2) is 12.2 Å². The maximum absolute atomic E-state index is 13.1. The van der Waals surface area contributed by atoms with Gasteiger partial charge in [0.1, 0.15) is 36.6 Å². The Morgan fingerprint density at radius 3 is 1.23 bits per heavy atom. The third-order valence-corrected chi connectivity index (χ3v) is 12.9. The Morgan fingerprint density at radius 2 is 0.867 bits per heavy atom. The van der Waals surface area contributed by atoms with Crippen LogP contribution in [0, 0.1) is 0 Å². The Bertz CT molecular complexity index is 965. The molecule has 0 spiro atoms. The van der Waals surface area contributed by atoms with E-state index in [4.69, 9.17) is 4.74 Å². The molecule has 7 N–H and O–H groups in total. The average molecular weight is 854 g/mol. The smallest absolute Gasteiger partial charge is 0.220 e. The fourth-order valence-electron chi connectivity index (χ4n) is 8.70. The number of unbranched alkanes of at least 4 members (excludes halogenated alkanes) is 33. The second-order valence-corrected chi connectivity index (χ2v) is 18.5. The minimum absolute atomic E-state index is 0.224. The van der Waals surface area contributed by atoms with Crippen LogP contribution in [0.5, 0.6) is 0 Å². The van der Waals surface area contributed by atoms with Crippen molar-refractivity contribution in [1.82, 2.24) is 5.32 Å². The van der Waals surface area contributed by atoms with E-state index in [1.165, 1.54) is 198 Å². The molecular formula is C51H99NO8. The molecule has 0 aromatic rings. The second kappa shape index (κ2) is 40.7. The highest BCUT2D eigenvalue weighted by molar-refractivity contribution is 5.76. The maximum atomic E-state index is 13.1. The molecule has 1 amide bonds. The first-order valence-electron chi connectivity index (χ1n) is 25.9. The summed E-state index contributed by atoms with van der Waals surface area (Å²) in [5.74, 6) is -0.224. The molecule has 0 radical (unpaired) electrons. The standard InChI is InChI=1S/C51H99NO8/c1-3-5-7-9-11-13-15-17-18-19-20-21-22-23-24-25-26-27-29-31-33-35-37-39-47(55)52-43(40-41-45-49(57)51(59)50(58)46(42-53)60-45)48(56)44(54)38-36-34-32-30-28-16-14-12-10-8-6-4-2/h40-41,43-46,48-51,53-54,56-59H,3-39,42H2,1-2H3,(H,52,55)/b41-40-/t43-,44+,45+,46+,48-,49-,50-,51+/m0/s1. The molecule has 60 heavy (non-hydrogen) atoms. The van der Waals surface area contributed by atoms with Crippen LogP contribution in [-0.2, 0) is 9.53 Å². The van der Waals surface area contributed by atoms with Gasteiger partial charge < -0.3 is 40.7 Å². The van der Waals surface area contributed by atoms with Crippen LogP contribution < -0.4 is 5.32 Å². The van der Waals surface area contributed by atoms with Crippen LogP contribution in [0.3, 0.4) is 0 Å². The Kier molecular flexibility index (Phi) is 38.6. The van der Waals surface area contributed by atoms with Crippen molar-refractivity contribution in [2.75, 3.05) is 6.61 Å². The summed E-state index contributed by atoms with van der Waals surface area (Å²) in [4.78, 5) is 13.1. The lowest BCUT2D eigenvalue weighted by atomic mass is 9.93. The van der Waals surface area contributed by atoms with E-state index in [0.29, 0.717) is 12.8 Å².